The number of hydrogen-bond acceptors (Lipinski definition) is 4. The van der Waals surface area contributed by atoms with E-state index in [1.807, 2.05) is 43.3 Å². The summed E-state index contributed by atoms with van der Waals surface area (Å²) < 4.78 is 5.43. The summed E-state index contributed by atoms with van der Waals surface area (Å²) >= 11 is 0. The lowest BCUT2D eigenvalue weighted by Crippen LogP contribution is -2.36. The third-order valence-electron chi connectivity index (χ3n) is 4.99. The number of ether oxygens (including phenoxy) is 1. The van der Waals surface area contributed by atoms with Crippen molar-refractivity contribution in [2.24, 2.45) is 5.10 Å². The fraction of sp³-hybridized carbons (Fsp3) is 0.273. The molecule has 5 heteroatoms. The summed E-state index contributed by atoms with van der Waals surface area (Å²) in [4.78, 5) is 15.2. The normalized spacial score (nSPS) is 19.0. The predicted molar refractivity (Wildman–Crippen MR) is 109 cm³/mol. The minimum absolute atomic E-state index is 0.0876. The third kappa shape index (κ3) is 3.51. The molecule has 2 heterocycles. The molecule has 0 bridgehead atoms. The van der Waals surface area contributed by atoms with Crippen LogP contribution in [0.1, 0.15) is 18.1 Å². The molecule has 0 radical (unpaired) electrons. The molecule has 27 heavy (non-hydrogen) atoms. The standard InChI is InChI=1S/C22H23N3O2/c1-16-14-20(24-10-12-27-13-11-24)9-8-18(16)15-21-17(2)23-25(22(21)26)19-6-4-3-5-7-19/h3-9,14-15H,10-13H2,1-2H3/b21-15-. The molecule has 0 aromatic heterocycles. The molecule has 1 amide bonds. The first kappa shape index (κ1) is 17.5. The summed E-state index contributed by atoms with van der Waals surface area (Å²) in [6, 6.07) is 15.9. The maximum absolute atomic E-state index is 12.9. The fourth-order valence-corrected chi connectivity index (χ4v) is 3.42. The van der Waals surface area contributed by atoms with E-state index in [1.54, 1.807) is 0 Å². The zero-order chi connectivity index (χ0) is 18.8. The van der Waals surface area contributed by atoms with Crippen LogP contribution in [-0.2, 0) is 9.53 Å². The van der Waals surface area contributed by atoms with Gasteiger partial charge >= 0.3 is 0 Å². The fourth-order valence-electron chi connectivity index (χ4n) is 3.42. The van der Waals surface area contributed by atoms with Crippen molar-refractivity contribution in [2.45, 2.75) is 13.8 Å². The van der Waals surface area contributed by atoms with Crippen LogP contribution in [0.5, 0.6) is 0 Å². The van der Waals surface area contributed by atoms with Gasteiger partial charge in [0.25, 0.3) is 5.91 Å². The number of morpholine rings is 1. The Labute approximate surface area is 159 Å². The minimum atomic E-state index is -0.0876. The highest BCUT2D eigenvalue weighted by Crippen LogP contribution is 2.27. The van der Waals surface area contributed by atoms with E-state index in [9.17, 15) is 4.79 Å². The number of amides is 1. The molecule has 0 spiro atoms. The zero-order valence-corrected chi connectivity index (χ0v) is 15.7. The highest BCUT2D eigenvalue weighted by Gasteiger charge is 2.28. The van der Waals surface area contributed by atoms with Gasteiger partial charge in [0.05, 0.1) is 30.2 Å². The molecular formula is C22H23N3O2. The van der Waals surface area contributed by atoms with Crippen LogP contribution in [0.15, 0.2) is 59.2 Å². The number of aryl methyl sites for hydroxylation is 1. The molecule has 1 saturated heterocycles. The molecule has 0 saturated carbocycles. The Morgan fingerprint density at radius 3 is 2.44 bits per heavy atom. The lowest BCUT2D eigenvalue weighted by Gasteiger charge is -2.29. The van der Waals surface area contributed by atoms with Crippen LogP contribution >= 0.6 is 0 Å². The summed E-state index contributed by atoms with van der Waals surface area (Å²) in [6.07, 6.45) is 1.95. The first-order valence-electron chi connectivity index (χ1n) is 9.23. The van der Waals surface area contributed by atoms with E-state index in [0.717, 1.165) is 48.8 Å². The summed E-state index contributed by atoms with van der Waals surface area (Å²) in [5, 5.41) is 5.92. The molecule has 0 unspecified atom stereocenters. The number of hydrazone groups is 1. The van der Waals surface area contributed by atoms with Crippen LogP contribution in [0.2, 0.25) is 0 Å². The van der Waals surface area contributed by atoms with E-state index in [2.05, 4.69) is 35.1 Å². The van der Waals surface area contributed by atoms with Crippen molar-refractivity contribution in [1.29, 1.82) is 0 Å². The van der Waals surface area contributed by atoms with Gasteiger partial charge in [0, 0.05) is 18.8 Å². The Hall–Kier alpha value is -2.92. The van der Waals surface area contributed by atoms with E-state index in [1.165, 1.54) is 10.7 Å². The second kappa shape index (κ2) is 7.37. The molecular weight excluding hydrogens is 338 g/mol. The lowest BCUT2D eigenvalue weighted by molar-refractivity contribution is -0.114. The van der Waals surface area contributed by atoms with Crippen molar-refractivity contribution < 1.29 is 9.53 Å². The zero-order valence-electron chi connectivity index (χ0n) is 15.7. The van der Waals surface area contributed by atoms with Gasteiger partial charge in [-0.3, -0.25) is 4.79 Å². The molecule has 0 aliphatic carbocycles. The van der Waals surface area contributed by atoms with Gasteiger partial charge in [0.2, 0.25) is 0 Å². The molecule has 2 aromatic carbocycles. The molecule has 2 aromatic rings. The van der Waals surface area contributed by atoms with Crippen LogP contribution in [-0.4, -0.2) is 37.9 Å². The predicted octanol–water partition coefficient (Wildman–Crippen LogP) is 3.64. The summed E-state index contributed by atoms with van der Waals surface area (Å²) in [5.41, 5.74) is 5.54. The van der Waals surface area contributed by atoms with Gasteiger partial charge in [-0.05, 0) is 55.3 Å². The van der Waals surface area contributed by atoms with Crippen LogP contribution in [0.25, 0.3) is 6.08 Å². The number of rotatable bonds is 3. The van der Waals surface area contributed by atoms with Gasteiger partial charge in [-0.15, -0.1) is 0 Å². The number of para-hydroxylation sites is 1. The van der Waals surface area contributed by atoms with Crippen LogP contribution < -0.4 is 9.91 Å². The van der Waals surface area contributed by atoms with Crippen LogP contribution in [0, 0.1) is 6.92 Å². The molecule has 2 aliphatic rings. The van der Waals surface area contributed by atoms with Crippen molar-refractivity contribution in [3.8, 4) is 0 Å². The topological polar surface area (TPSA) is 45.1 Å². The number of anilines is 2. The number of benzene rings is 2. The first-order chi connectivity index (χ1) is 13.1. The Morgan fingerprint density at radius 1 is 1.00 bits per heavy atom. The molecule has 1 fully saturated rings. The third-order valence-corrected chi connectivity index (χ3v) is 4.99. The number of hydrogen-bond donors (Lipinski definition) is 0. The second-order valence-electron chi connectivity index (χ2n) is 6.84. The monoisotopic (exact) mass is 361 g/mol. The number of carbonyl (C=O) groups is 1. The molecule has 2 aliphatic heterocycles. The first-order valence-corrected chi connectivity index (χ1v) is 9.23. The number of carbonyl (C=O) groups excluding carboxylic acids is 1. The van der Waals surface area contributed by atoms with E-state index in [-0.39, 0.29) is 5.91 Å². The van der Waals surface area contributed by atoms with Crippen molar-refractivity contribution in [3.63, 3.8) is 0 Å². The quantitative estimate of drug-likeness (QED) is 0.784. The molecule has 4 rings (SSSR count). The average Bonchev–Trinajstić information content (AvgIpc) is 2.99. The lowest BCUT2D eigenvalue weighted by atomic mass is 10.0. The molecule has 5 nitrogen and oxygen atoms in total. The average molecular weight is 361 g/mol. The van der Waals surface area contributed by atoms with E-state index in [4.69, 9.17) is 4.74 Å². The van der Waals surface area contributed by atoms with Gasteiger partial charge in [-0.25, -0.2) is 0 Å². The van der Waals surface area contributed by atoms with E-state index >= 15 is 0 Å². The highest BCUT2D eigenvalue weighted by molar-refractivity contribution is 6.32. The van der Waals surface area contributed by atoms with Crippen molar-refractivity contribution in [1.82, 2.24) is 0 Å². The van der Waals surface area contributed by atoms with Gasteiger partial charge in [-0.1, -0.05) is 24.3 Å². The minimum Gasteiger partial charge on any atom is -0.378 e. The summed E-state index contributed by atoms with van der Waals surface area (Å²) in [6.45, 7) is 7.32. The van der Waals surface area contributed by atoms with Crippen molar-refractivity contribution in [2.75, 3.05) is 36.2 Å². The van der Waals surface area contributed by atoms with Crippen LogP contribution in [0.4, 0.5) is 11.4 Å². The summed E-state index contributed by atoms with van der Waals surface area (Å²) in [5.74, 6) is -0.0876. The maximum atomic E-state index is 12.9. The molecule has 0 atom stereocenters. The molecule has 0 N–H and O–H groups in total. The van der Waals surface area contributed by atoms with E-state index in [0.29, 0.717) is 5.57 Å². The Kier molecular flexibility index (Phi) is 4.77. The maximum Gasteiger partial charge on any atom is 0.280 e. The SMILES string of the molecule is CC1=NN(c2ccccc2)C(=O)/C1=C\c1ccc(N2CCOCC2)cc1C. The van der Waals surface area contributed by atoms with Gasteiger partial charge in [0.15, 0.2) is 0 Å². The van der Waals surface area contributed by atoms with Gasteiger partial charge in [-0.2, -0.15) is 10.1 Å². The van der Waals surface area contributed by atoms with Gasteiger partial charge in [0.1, 0.15) is 0 Å². The summed E-state index contributed by atoms with van der Waals surface area (Å²) in [7, 11) is 0. The smallest absolute Gasteiger partial charge is 0.280 e. The Bertz CT molecular complexity index is 912. The molecule has 138 valence electrons. The Balaban J connectivity index is 1.60. The van der Waals surface area contributed by atoms with Crippen molar-refractivity contribution >= 4 is 29.1 Å². The van der Waals surface area contributed by atoms with Crippen LogP contribution in [0.3, 0.4) is 0 Å². The Morgan fingerprint density at radius 2 is 1.74 bits per heavy atom. The van der Waals surface area contributed by atoms with Crippen molar-refractivity contribution in [3.05, 3.63) is 65.2 Å². The largest absolute Gasteiger partial charge is 0.378 e. The number of nitrogens with zero attached hydrogens (tertiary/aromatic N) is 3. The van der Waals surface area contributed by atoms with E-state index < -0.39 is 0 Å². The second-order valence-corrected chi connectivity index (χ2v) is 6.84. The highest BCUT2D eigenvalue weighted by atomic mass is 16.5. The van der Waals surface area contributed by atoms with Gasteiger partial charge < -0.3 is 9.64 Å².